The van der Waals surface area contributed by atoms with E-state index in [1.165, 1.54) is 31.5 Å². The van der Waals surface area contributed by atoms with Gasteiger partial charge in [-0.2, -0.15) is 5.10 Å². The summed E-state index contributed by atoms with van der Waals surface area (Å²) in [6, 6.07) is 18.7. The number of aromatic nitrogens is 3. The van der Waals surface area contributed by atoms with Gasteiger partial charge in [0.25, 0.3) is 15.9 Å². The highest BCUT2D eigenvalue weighted by Crippen LogP contribution is 2.27. The number of rotatable bonds is 8. The van der Waals surface area contributed by atoms with Crippen LogP contribution in [0, 0.1) is 0 Å². The maximum atomic E-state index is 13.0. The highest BCUT2D eigenvalue weighted by atomic mass is 35.5. The van der Waals surface area contributed by atoms with Crippen molar-refractivity contribution in [3.05, 3.63) is 95.4 Å². The number of amides is 1. The van der Waals surface area contributed by atoms with Crippen molar-refractivity contribution >= 4 is 38.9 Å². The normalized spacial score (nSPS) is 11.1. The summed E-state index contributed by atoms with van der Waals surface area (Å²) < 4.78 is 35.1. The van der Waals surface area contributed by atoms with Gasteiger partial charge in [-0.05, 0) is 42.0 Å². The molecule has 9 nitrogen and oxygen atoms in total. The van der Waals surface area contributed by atoms with Gasteiger partial charge in [0.15, 0.2) is 10.6 Å². The Morgan fingerprint density at radius 1 is 1.06 bits per heavy atom. The molecule has 4 rings (SSSR count). The van der Waals surface area contributed by atoms with Gasteiger partial charge in [0.05, 0.1) is 25.5 Å². The summed E-state index contributed by atoms with van der Waals surface area (Å²) in [6.45, 7) is 0.511. The van der Waals surface area contributed by atoms with Crippen LogP contribution in [0.25, 0.3) is 0 Å². The Morgan fingerprint density at radius 2 is 1.79 bits per heavy atom. The van der Waals surface area contributed by atoms with Crippen LogP contribution in [-0.2, 0) is 16.6 Å². The van der Waals surface area contributed by atoms with E-state index in [4.69, 9.17) is 16.3 Å². The number of halogens is 1. The van der Waals surface area contributed by atoms with E-state index in [0.717, 1.165) is 5.56 Å². The van der Waals surface area contributed by atoms with E-state index >= 15 is 0 Å². The average molecular weight is 498 g/mol. The lowest BCUT2D eigenvalue weighted by molar-refractivity contribution is 0.102. The minimum Gasteiger partial charge on any atom is -0.480 e. The molecular formula is C23H20ClN5O4S. The van der Waals surface area contributed by atoms with Crippen molar-refractivity contribution in [1.29, 1.82) is 0 Å². The number of benzene rings is 2. The Kier molecular flexibility index (Phi) is 6.80. The molecule has 2 heterocycles. The van der Waals surface area contributed by atoms with E-state index in [0.29, 0.717) is 17.3 Å². The molecule has 0 bridgehead atoms. The number of ether oxygens (including phenoxy) is 1. The number of carbonyl (C=O) groups is 1. The van der Waals surface area contributed by atoms with Crippen LogP contribution in [0.1, 0.15) is 16.1 Å². The molecule has 174 valence electrons. The quantitative estimate of drug-likeness (QED) is 0.379. The Balaban J connectivity index is 1.52. The lowest BCUT2D eigenvalue weighted by Crippen LogP contribution is -2.17. The highest BCUT2D eigenvalue weighted by molar-refractivity contribution is 7.92. The molecule has 0 saturated heterocycles. The van der Waals surface area contributed by atoms with Crippen molar-refractivity contribution in [3.8, 4) is 5.88 Å². The number of nitrogens with one attached hydrogen (secondary N) is 2. The Bertz CT molecular complexity index is 1410. The van der Waals surface area contributed by atoms with Gasteiger partial charge in [-0.15, -0.1) is 0 Å². The van der Waals surface area contributed by atoms with Crippen LogP contribution in [0.3, 0.4) is 0 Å². The fourth-order valence-electron chi connectivity index (χ4n) is 3.11. The third kappa shape index (κ3) is 5.53. The van der Waals surface area contributed by atoms with Crippen molar-refractivity contribution in [2.75, 3.05) is 17.1 Å². The van der Waals surface area contributed by atoms with Gasteiger partial charge in [-0.3, -0.25) is 14.2 Å². The van der Waals surface area contributed by atoms with Crippen LogP contribution < -0.4 is 14.8 Å². The van der Waals surface area contributed by atoms with E-state index in [9.17, 15) is 13.2 Å². The van der Waals surface area contributed by atoms with Crippen LogP contribution in [-0.4, -0.2) is 36.2 Å². The van der Waals surface area contributed by atoms with Crippen LogP contribution in [0.2, 0.25) is 5.02 Å². The van der Waals surface area contributed by atoms with Crippen molar-refractivity contribution in [1.82, 2.24) is 14.8 Å². The second kappa shape index (κ2) is 9.94. The molecule has 0 radical (unpaired) electrons. The molecule has 11 heteroatoms. The van der Waals surface area contributed by atoms with Crippen molar-refractivity contribution in [3.63, 3.8) is 0 Å². The summed E-state index contributed by atoms with van der Waals surface area (Å²) in [5.74, 6) is -0.626. The largest absolute Gasteiger partial charge is 0.480 e. The van der Waals surface area contributed by atoms with Crippen LogP contribution in [0.4, 0.5) is 11.4 Å². The molecule has 2 aromatic heterocycles. The smallest absolute Gasteiger partial charge is 0.276 e. The maximum Gasteiger partial charge on any atom is 0.276 e. The first-order valence-electron chi connectivity index (χ1n) is 10.1. The average Bonchev–Trinajstić information content (AvgIpc) is 3.30. The third-order valence-electron chi connectivity index (χ3n) is 4.72. The molecule has 0 unspecified atom stereocenters. The predicted octanol–water partition coefficient (Wildman–Crippen LogP) is 4.04. The molecule has 0 atom stereocenters. The summed E-state index contributed by atoms with van der Waals surface area (Å²) in [6.07, 6.45) is 3.00. The zero-order chi connectivity index (χ0) is 24.1. The van der Waals surface area contributed by atoms with Crippen LogP contribution in [0.5, 0.6) is 5.88 Å². The molecule has 4 aromatic rings. The molecule has 0 fully saturated rings. The van der Waals surface area contributed by atoms with E-state index in [-0.39, 0.29) is 22.2 Å². The molecular weight excluding hydrogens is 478 g/mol. The second-order valence-corrected chi connectivity index (χ2v) is 9.27. The van der Waals surface area contributed by atoms with Gasteiger partial charge < -0.3 is 10.1 Å². The highest BCUT2D eigenvalue weighted by Gasteiger charge is 2.23. The third-order valence-corrected chi connectivity index (χ3v) is 6.34. The molecule has 0 aliphatic rings. The Hall–Kier alpha value is -3.89. The van der Waals surface area contributed by atoms with Crippen LogP contribution in [0.15, 0.2) is 84.0 Å². The van der Waals surface area contributed by atoms with Gasteiger partial charge in [0.2, 0.25) is 5.88 Å². The Labute approximate surface area is 201 Å². The monoisotopic (exact) mass is 497 g/mol. The lowest BCUT2D eigenvalue weighted by Gasteiger charge is -2.12. The number of methoxy groups -OCH3 is 1. The molecule has 0 saturated carbocycles. The number of hydrogen-bond acceptors (Lipinski definition) is 6. The van der Waals surface area contributed by atoms with E-state index in [2.05, 4.69) is 20.1 Å². The molecule has 1 amide bonds. The summed E-state index contributed by atoms with van der Waals surface area (Å²) in [5.41, 5.74) is 1.69. The zero-order valence-electron chi connectivity index (χ0n) is 18.0. The first-order valence-corrected chi connectivity index (χ1v) is 11.9. The molecule has 0 spiro atoms. The van der Waals surface area contributed by atoms with Crippen LogP contribution >= 0.6 is 11.6 Å². The summed E-state index contributed by atoms with van der Waals surface area (Å²) in [4.78, 5) is 16.5. The summed E-state index contributed by atoms with van der Waals surface area (Å²) in [7, 11) is -2.77. The van der Waals surface area contributed by atoms with E-state index < -0.39 is 15.9 Å². The number of anilines is 2. The van der Waals surface area contributed by atoms with E-state index in [1.807, 2.05) is 30.3 Å². The molecule has 0 aliphatic heterocycles. The topological polar surface area (TPSA) is 115 Å². The standard InChI is InChI=1S/C23H20ClN5O4S/c1-33-23-21(34(31,32)28-18-9-7-17(24)8-10-18)13-19(14-25-23)26-22(30)20-11-12-29(27-20)15-16-5-3-2-4-6-16/h2-14,28H,15H2,1H3,(H,26,30). The van der Waals surface area contributed by atoms with Gasteiger partial charge >= 0.3 is 0 Å². The van der Waals surface area contributed by atoms with Gasteiger partial charge in [0, 0.05) is 16.9 Å². The molecule has 34 heavy (non-hydrogen) atoms. The SMILES string of the molecule is COc1ncc(NC(=O)c2ccn(Cc3ccccc3)n2)cc1S(=O)(=O)Nc1ccc(Cl)cc1. The predicted molar refractivity (Wildman–Crippen MR) is 129 cm³/mol. The number of nitrogens with zero attached hydrogens (tertiary/aromatic N) is 3. The van der Waals surface area contributed by atoms with Gasteiger partial charge in [0.1, 0.15) is 0 Å². The second-order valence-electron chi connectivity index (χ2n) is 7.18. The van der Waals surface area contributed by atoms with Gasteiger partial charge in [-0.25, -0.2) is 13.4 Å². The Morgan fingerprint density at radius 3 is 2.50 bits per heavy atom. The number of pyridine rings is 1. The number of hydrogen-bond donors (Lipinski definition) is 2. The minimum atomic E-state index is -4.07. The summed E-state index contributed by atoms with van der Waals surface area (Å²) in [5, 5.41) is 7.39. The lowest BCUT2D eigenvalue weighted by atomic mass is 10.2. The molecule has 2 aromatic carbocycles. The zero-order valence-corrected chi connectivity index (χ0v) is 19.5. The number of carbonyl (C=O) groups excluding carboxylic acids is 1. The summed E-state index contributed by atoms with van der Waals surface area (Å²) >= 11 is 5.86. The fraction of sp³-hybridized carbons (Fsp3) is 0.0870. The molecule has 2 N–H and O–H groups in total. The molecule has 0 aliphatic carbocycles. The first kappa shape index (κ1) is 23.3. The van der Waals surface area contributed by atoms with Crippen molar-refractivity contribution < 1.29 is 17.9 Å². The minimum absolute atomic E-state index is 0.119. The number of sulfonamides is 1. The maximum absolute atomic E-state index is 13.0. The van der Waals surface area contributed by atoms with Crippen molar-refractivity contribution in [2.45, 2.75) is 11.4 Å². The van der Waals surface area contributed by atoms with E-state index in [1.54, 1.807) is 29.1 Å². The first-order chi connectivity index (χ1) is 16.3. The van der Waals surface area contributed by atoms with Crippen molar-refractivity contribution in [2.24, 2.45) is 0 Å². The van der Waals surface area contributed by atoms with Gasteiger partial charge in [-0.1, -0.05) is 41.9 Å². The fourth-order valence-corrected chi connectivity index (χ4v) is 4.44.